The van der Waals surface area contributed by atoms with Crippen molar-refractivity contribution in [2.24, 2.45) is 10.9 Å². The molecular weight excluding hydrogens is 300 g/mol. The standard InChI is InChI=1S/C16H22N2O3S/c1-12(2)22(20,21)16-7-6-14(9-15(16)17-11-19)18-8-4-5-13(3)10-18/h6-7,9,12-13H,4-5,8,10H2,1-3H3. The average Bonchev–Trinajstić information content (AvgIpc) is 2.47. The number of rotatable bonds is 4. The Kier molecular flexibility index (Phi) is 5.04. The van der Waals surface area contributed by atoms with E-state index in [0.29, 0.717) is 5.92 Å². The van der Waals surface area contributed by atoms with Crippen molar-refractivity contribution < 1.29 is 13.2 Å². The van der Waals surface area contributed by atoms with Crippen LogP contribution >= 0.6 is 0 Å². The lowest BCUT2D eigenvalue weighted by Crippen LogP contribution is -2.34. The van der Waals surface area contributed by atoms with E-state index in [4.69, 9.17) is 0 Å². The zero-order valence-corrected chi connectivity index (χ0v) is 14.1. The summed E-state index contributed by atoms with van der Waals surface area (Å²) in [6.45, 7) is 7.30. The van der Waals surface area contributed by atoms with E-state index in [2.05, 4.69) is 16.8 Å². The maximum absolute atomic E-state index is 12.4. The lowest BCUT2D eigenvalue weighted by molar-refractivity contribution is 0.447. The Bertz CT molecular complexity index is 691. The molecule has 1 fully saturated rings. The van der Waals surface area contributed by atoms with Crippen LogP contribution < -0.4 is 4.90 Å². The highest BCUT2D eigenvalue weighted by Crippen LogP contribution is 2.33. The number of hydrogen-bond donors (Lipinski definition) is 0. The monoisotopic (exact) mass is 322 g/mol. The van der Waals surface area contributed by atoms with E-state index >= 15 is 0 Å². The van der Waals surface area contributed by atoms with Gasteiger partial charge in [-0.3, -0.25) is 0 Å². The molecular formula is C16H22N2O3S. The van der Waals surface area contributed by atoms with Crippen LogP contribution in [0.3, 0.4) is 0 Å². The molecule has 120 valence electrons. The summed E-state index contributed by atoms with van der Waals surface area (Å²) in [5.41, 5.74) is 1.09. The molecule has 1 atom stereocenters. The first kappa shape index (κ1) is 16.7. The van der Waals surface area contributed by atoms with Crippen molar-refractivity contribution in [1.82, 2.24) is 0 Å². The fraction of sp³-hybridized carbons (Fsp3) is 0.562. The van der Waals surface area contributed by atoms with Gasteiger partial charge in [-0.15, -0.1) is 0 Å². The normalized spacial score (nSPS) is 19.1. The SMILES string of the molecule is CC1CCCN(c2ccc(S(=O)(=O)C(C)C)c(N=C=O)c2)C1. The highest BCUT2D eigenvalue weighted by Gasteiger charge is 2.24. The van der Waals surface area contributed by atoms with Crippen molar-refractivity contribution >= 4 is 27.3 Å². The van der Waals surface area contributed by atoms with Gasteiger partial charge < -0.3 is 4.90 Å². The molecule has 0 spiro atoms. The van der Waals surface area contributed by atoms with Gasteiger partial charge in [0, 0.05) is 18.8 Å². The fourth-order valence-electron chi connectivity index (χ4n) is 2.76. The number of sulfone groups is 1. The predicted molar refractivity (Wildman–Crippen MR) is 87.2 cm³/mol. The molecule has 0 amide bonds. The maximum Gasteiger partial charge on any atom is 0.240 e. The van der Waals surface area contributed by atoms with Gasteiger partial charge in [0.15, 0.2) is 9.84 Å². The van der Waals surface area contributed by atoms with Gasteiger partial charge in [0.05, 0.1) is 15.8 Å². The van der Waals surface area contributed by atoms with Crippen LogP contribution in [0.1, 0.15) is 33.6 Å². The molecule has 0 aromatic heterocycles. The summed E-state index contributed by atoms with van der Waals surface area (Å²) in [7, 11) is -3.48. The number of isocyanates is 1. The number of benzene rings is 1. The van der Waals surface area contributed by atoms with Crippen LogP contribution in [0, 0.1) is 5.92 Å². The van der Waals surface area contributed by atoms with E-state index in [9.17, 15) is 13.2 Å². The van der Waals surface area contributed by atoms with Crippen LogP contribution in [0.25, 0.3) is 0 Å². The Labute approximate surface area is 132 Å². The topological polar surface area (TPSA) is 66.8 Å². The zero-order chi connectivity index (χ0) is 16.3. The number of carbonyl (C=O) groups excluding carboxylic acids is 1. The Morgan fingerprint density at radius 2 is 2.09 bits per heavy atom. The molecule has 22 heavy (non-hydrogen) atoms. The average molecular weight is 322 g/mol. The molecule has 1 aliphatic heterocycles. The quantitative estimate of drug-likeness (QED) is 0.631. The molecule has 0 bridgehead atoms. The summed E-state index contributed by atoms with van der Waals surface area (Å²) >= 11 is 0. The molecule has 1 aliphatic rings. The van der Waals surface area contributed by atoms with Gasteiger partial charge in [-0.05, 0) is 50.8 Å². The van der Waals surface area contributed by atoms with Crippen LogP contribution in [0.5, 0.6) is 0 Å². The second-order valence-electron chi connectivity index (χ2n) is 6.14. The van der Waals surface area contributed by atoms with E-state index in [-0.39, 0.29) is 10.6 Å². The summed E-state index contributed by atoms with van der Waals surface area (Å²) < 4.78 is 24.7. The fourth-order valence-corrected chi connectivity index (χ4v) is 3.92. The molecule has 6 heteroatoms. The predicted octanol–water partition coefficient (Wildman–Crippen LogP) is 3.07. The third-order valence-electron chi connectivity index (χ3n) is 4.06. The minimum atomic E-state index is -3.48. The van der Waals surface area contributed by atoms with Crippen molar-refractivity contribution in [2.75, 3.05) is 18.0 Å². The smallest absolute Gasteiger partial charge is 0.240 e. The zero-order valence-electron chi connectivity index (χ0n) is 13.2. The molecule has 0 radical (unpaired) electrons. The number of piperidine rings is 1. The summed E-state index contributed by atoms with van der Waals surface area (Å²) in [6.07, 6.45) is 3.78. The number of aliphatic imine (C=N–C) groups is 1. The Balaban J connectivity index is 2.46. The van der Waals surface area contributed by atoms with Crippen molar-refractivity contribution in [2.45, 2.75) is 43.8 Å². The molecule has 0 N–H and O–H groups in total. The van der Waals surface area contributed by atoms with Gasteiger partial charge in [-0.25, -0.2) is 13.2 Å². The van der Waals surface area contributed by atoms with Crippen molar-refractivity contribution in [3.05, 3.63) is 18.2 Å². The van der Waals surface area contributed by atoms with Crippen LogP contribution in [0.4, 0.5) is 11.4 Å². The number of nitrogens with zero attached hydrogens (tertiary/aromatic N) is 2. The molecule has 5 nitrogen and oxygen atoms in total. The second kappa shape index (κ2) is 6.63. The third-order valence-corrected chi connectivity index (χ3v) is 6.26. The Hall–Kier alpha value is -1.65. The molecule has 1 unspecified atom stereocenters. The second-order valence-corrected chi connectivity index (χ2v) is 8.61. The van der Waals surface area contributed by atoms with E-state index < -0.39 is 15.1 Å². The molecule has 0 aliphatic carbocycles. The molecule has 1 saturated heterocycles. The van der Waals surface area contributed by atoms with Gasteiger partial charge in [0.1, 0.15) is 0 Å². The van der Waals surface area contributed by atoms with Crippen molar-refractivity contribution in [3.8, 4) is 0 Å². The lowest BCUT2D eigenvalue weighted by Gasteiger charge is -2.33. The molecule has 1 heterocycles. The first-order valence-corrected chi connectivity index (χ1v) is 9.11. The highest BCUT2D eigenvalue weighted by atomic mass is 32.2. The summed E-state index contributed by atoms with van der Waals surface area (Å²) in [5.74, 6) is 0.603. The van der Waals surface area contributed by atoms with Crippen LogP contribution in [-0.4, -0.2) is 32.8 Å². The molecule has 0 saturated carbocycles. The Morgan fingerprint density at radius 3 is 2.68 bits per heavy atom. The van der Waals surface area contributed by atoms with E-state index in [0.717, 1.165) is 25.2 Å². The van der Waals surface area contributed by atoms with E-state index in [1.807, 2.05) is 0 Å². The summed E-state index contributed by atoms with van der Waals surface area (Å²) in [4.78, 5) is 16.6. The highest BCUT2D eigenvalue weighted by molar-refractivity contribution is 7.92. The van der Waals surface area contributed by atoms with Gasteiger partial charge in [0.2, 0.25) is 6.08 Å². The summed E-state index contributed by atoms with van der Waals surface area (Å²) in [6, 6.07) is 5.04. The molecule has 1 aromatic carbocycles. The van der Waals surface area contributed by atoms with Crippen LogP contribution in [0.15, 0.2) is 28.1 Å². The van der Waals surface area contributed by atoms with E-state index in [1.54, 1.807) is 32.0 Å². The largest absolute Gasteiger partial charge is 0.371 e. The first-order chi connectivity index (χ1) is 10.4. The molecule has 2 rings (SSSR count). The van der Waals surface area contributed by atoms with E-state index in [1.165, 1.54) is 12.5 Å². The minimum absolute atomic E-state index is 0.0969. The number of hydrogen-bond acceptors (Lipinski definition) is 5. The molecule has 1 aromatic rings. The minimum Gasteiger partial charge on any atom is -0.371 e. The maximum atomic E-state index is 12.4. The third kappa shape index (κ3) is 3.39. The van der Waals surface area contributed by atoms with Gasteiger partial charge >= 0.3 is 0 Å². The van der Waals surface area contributed by atoms with Gasteiger partial charge in [0.25, 0.3) is 0 Å². The summed E-state index contributed by atoms with van der Waals surface area (Å²) in [5, 5.41) is -0.561. The van der Waals surface area contributed by atoms with Gasteiger partial charge in [-0.2, -0.15) is 4.99 Å². The number of anilines is 1. The lowest BCUT2D eigenvalue weighted by atomic mass is 10.00. The van der Waals surface area contributed by atoms with Crippen molar-refractivity contribution in [1.29, 1.82) is 0 Å². The first-order valence-electron chi connectivity index (χ1n) is 7.57. The van der Waals surface area contributed by atoms with Crippen molar-refractivity contribution in [3.63, 3.8) is 0 Å². The van der Waals surface area contributed by atoms with Gasteiger partial charge in [-0.1, -0.05) is 6.92 Å². The van der Waals surface area contributed by atoms with Crippen LogP contribution in [0.2, 0.25) is 0 Å². The Morgan fingerprint density at radius 1 is 1.36 bits per heavy atom. The van der Waals surface area contributed by atoms with Crippen LogP contribution in [-0.2, 0) is 14.6 Å².